The van der Waals surface area contributed by atoms with Gasteiger partial charge in [-0.1, -0.05) is 12.1 Å². The standard InChI is InChI=1S/C11H8F3NOS/c12-11(13,14)9(16)5-6-10-15-7-3-1-2-4-8(7)17-10/h1-4H,5-6H2. The summed E-state index contributed by atoms with van der Waals surface area (Å²) in [4.78, 5) is 14.9. The van der Waals surface area contributed by atoms with Gasteiger partial charge in [0.25, 0.3) is 0 Å². The first kappa shape index (κ1) is 12.0. The molecule has 0 bridgehead atoms. The molecule has 6 heteroatoms. The Balaban J connectivity index is 2.07. The molecule has 0 aliphatic heterocycles. The summed E-state index contributed by atoms with van der Waals surface area (Å²) in [7, 11) is 0. The zero-order chi connectivity index (χ0) is 12.5. The maximum absolute atomic E-state index is 12.0. The molecule has 2 nitrogen and oxygen atoms in total. The second-order valence-corrected chi connectivity index (χ2v) is 4.61. The average molecular weight is 259 g/mol. The molecule has 0 N–H and O–H groups in total. The van der Waals surface area contributed by atoms with E-state index in [9.17, 15) is 18.0 Å². The predicted octanol–water partition coefficient (Wildman–Crippen LogP) is 3.36. The van der Waals surface area contributed by atoms with Gasteiger partial charge in [-0.3, -0.25) is 4.79 Å². The predicted molar refractivity (Wildman–Crippen MR) is 59.0 cm³/mol. The molecule has 0 radical (unpaired) electrons. The van der Waals surface area contributed by atoms with E-state index in [0.29, 0.717) is 5.01 Å². The van der Waals surface area contributed by atoms with Gasteiger partial charge in [0, 0.05) is 12.8 Å². The lowest BCUT2D eigenvalue weighted by atomic mass is 10.2. The van der Waals surface area contributed by atoms with Gasteiger partial charge < -0.3 is 0 Å². The third-order valence-electron chi connectivity index (χ3n) is 2.22. The molecule has 0 aliphatic carbocycles. The number of Topliss-reactive ketones (excluding diaryl/α,β-unsaturated/α-hetero) is 1. The van der Waals surface area contributed by atoms with Gasteiger partial charge >= 0.3 is 6.18 Å². The lowest BCUT2D eigenvalue weighted by Gasteiger charge is -2.02. The fraction of sp³-hybridized carbons (Fsp3) is 0.273. The van der Waals surface area contributed by atoms with Gasteiger partial charge in [0.2, 0.25) is 5.78 Å². The van der Waals surface area contributed by atoms with E-state index in [1.807, 2.05) is 18.2 Å². The third kappa shape index (κ3) is 2.82. The lowest BCUT2D eigenvalue weighted by Crippen LogP contribution is -2.22. The van der Waals surface area contributed by atoms with Crippen LogP contribution < -0.4 is 0 Å². The summed E-state index contributed by atoms with van der Waals surface area (Å²) in [6.07, 6.45) is -5.24. The average Bonchev–Trinajstić information content (AvgIpc) is 2.66. The summed E-state index contributed by atoms with van der Waals surface area (Å²) < 4.78 is 36.9. The molecule has 0 unspecified atom stereocenters. The molecule has 0 saturated carbocycles. The van der Waals surface area contributed by atoms with Crippen LogP contribution in [0.15, 0.2) is 24.3 Å². The number of nitrogens with zero attached hydrogens (tertiary/aromatic N) is 1. The Hall–Kier alpha value is -1.43. The Labute approximate surface area is 99.1 Å². The molecule has 17 heavy (non-hydrogen) atoms. The number of benzene rings is 1. The third-order valence-corrected chi connectivity index (χ3v) is 3.32. The summed E-state index contributed by atoms with van der Waals surface area (Å²) in [6, 6.07) is 7.29. The normalized spacial score (nSPS) is 11.9. The molecule has 0 saturated heterocycles. The number of ketones is 1. The molecule has 0 spiro atoms. The van der Waals surface area contributed by atoms with Gasteiger partial charge in [0.15, 0.2) is 0 Å². The molecule has 0 amide bonds. The van der Waals surface area contributed by atoms with Crippen molar-refractivity contribution < 1.29 is 18.0 Å². The Bertz CT molecular complexity index is 514. The number of halogens is 3. The molecule has 1 aromatic carbocycles. The molecule has 2 aromatic rings. The fourth-order valence-corrected chi connectivity index (χ4v) is 2.36. The maximum atomic E-state index is 12.0. The fourth-order valence-electron chi connectivity index (χ4n) is 1.39. The van der Waals surface area contributed by atoms with Crippen LogP contribution >= 0.6 is 11.3 Å². The number of fused-ring (bicyclic) bond motifs is 1. The van der Waals surface area contributed by atoms with Crippen molar-refractivity contribution in [1.82, 2.24) is 4.98 Å². The lowest BCUT2D eigenvalue weighted by molar-refractivity contribution is -0.171. The number of rotatable bonds is 3. The number of thiazole rings is 1. The van der Waals surface area contributed by atoms with Crippen LogP contribution in [0.3, 0.4) is 0 Å². The number of hydrogen-bond donors (Lipinski definition) is 0. The molecular weight excluding hydrogens is 251 g/mol. The zero-order valence-corrected chi connectivity index (χ0v) is 9.44. The second-order valence-electron chi connectivity index (χ2n) is 3.50. The monoisotopic (exact) mass is 259 g/mol. The van der Waals surface area contributed by atoms with E-state index in [1.165, 1.54) is 11.3 Å². The minimum absolute atomic E-state index is 0.0394. The van der Waals surface area contributed by atoms with E-state index in [2.05, 4.69) is 4.98 Å². The first-order valence-corrected chi connectivity index (χ1v) is 5.73. The Kier molecular flexibility index (Phi) is 3.15. The van der Waals surface area contributed by atoms with Crippen LogP contribution in [-0.2, 0) is 11.2 Å². The summed E-state index contributed by atoms with van der Waals surface area (Å²) in [5, 5.41) is 0.559. The second kappa shape index (κ2) is 4.44. The number of hydrogen-bond acceptors (Lipinski definition) is 3. The van der Waals surface area contributed by atoms with Crippen molar-refractivity contribution in [2.24, 2.45) is 0 Å². The topological polar surface area (TPSA) is 30.0 Å². The highest BCUT2D eigenvalue weighted by atomic mass is 32.1. The van der Waals surface area contributed by atoms with Crippen molar-refractivity contribution >= 4 is 27.3 Å². The largest absolute Gasteiger partial charge is 0.449 e. The molecule has 0 aliphatic rings. The number of alkyl halides is 3. The van der Waals surface area contributed by atoms with Crippen LogP contribution in [0.25, 0.3) is 10.2 Å². The number of carbonyl (C=O) groups is 1. The van der Waals surface area contributed by atoms with Gasteiger partial charge in [0.1, 0.15) is 0 Å². The molecule has 1 heterocycles. The Morgan fingerprint density at radius 2 is 2.00 bits per heavy atom. The van der Waals surface area contributed by atoms with E-state index < -0.39 is 18.4 Å². The van der Waals surface area contributed by atoms with Gasteiger partial charge in [-0.15, -0.1) is 11.3 Å². The van der Waals surface area contributed by atoms with Gasteiger partial charge in [-0.2, -0.15) is 13.2 Å². The number of aromatic nitrogens is 1. The molecule has 1 aromatic heterocycles. The van der Waals surface area contributed by atoms with Crippen LogP contribution in [-0.4, -0.2) is 16.9 Å². The van der Waals surface area contributed by atoms with Crippen molar-refractivity contribution in [3.05, 3.63) is 29.3 Å². The summed E-state index contributed by atoms with van der Waals surface area (Å²) in [5.41, 5.74) is 0.756. The van der Waals surface area contributed by atoms with Crippen molar-refractivity contribution in [2.75, 3.05) is 0 Å². The summed E-state index contributed by atoms with van der Waals surface area (Å²) in [5.74, 6) is -1.70. The van der Waals surface area contributed by atoms with Crippen LogP contribution in [0.1, 0.15) is 11.4 Å². The highest BCUT2D eigenvalue weighted by Crippen LogP contribution is 2.24. The molecular formula is C11H8F3NOS. The minimum atomic E-state index is -4.74. The van der Waals surface area contributed by atoms with E-state index in [4.69, 9.17) is 0 Å². The van der Waals surface area contributed by atoms with E-state index in [-0.39, 0.29) is 6.42 Å². The van der Waals surface area contributed by atoms with Gasteiger partial charge in [-0.05, 0) is 12.1 Å². The Morgan fingerprint density at radius 1 is 1.29 bits per heavy atom. The number of para-hydroxylation sites is 1. The first-order chi connectivity index (χ1) is 7.97. The van der Waals surface area contributed by atoms with Crippen molar-refractivity contribution in [3.63, 3.8) is 0 Å². The summed E-state index contributed by atoms with van der Waals surface area (Å²) in [6.45, 7) is 0. The van der Waals surface area contributed by atoms with Gasteiger partial charge in [0.05, 0.1) is 15.2 Å². The van der Waals surface area contributed by atoms with Gasteiger partial charge in [-0.25, -0.2) is 4.98 Å². The SMILES string of the molecule is O=C(CCc1nc2ccccc2s1)C(F)(F)F. The highest BCUT2D eigenvalue weighted by molar-refractivity contribution is 7.18. The molecule has 90 valence electrons. The van der Waals surface area contributed by atoms with E-state index in [0.717, 1.165) is 10.2 Å². The maximum Gasteiger partial charge on any atom is 0.449 e. The molecule has 2 rings (SSSR count). The smallest absolute Gasteiger partial charge is 0.290 e. The molecule has 0 fully saturated rings. The number of aryl methyl sites for hydroxylation is 1. The highest BCUT2D eigenvalue weighted by Gasteiger charge is 2.37. The zero-order valence-electron chi connectivity index (χ0n) is 8.62. The number of carbonyl (C=O) groups excluding carboxylic acids is 1. The molecule has 0 atom stereocenters. The van der Waals surface area contributed by atoms with Crippen LogP contribution in [0, 0.1) is 0 Å². The summed E-state index contributed by atoms with van der Waals surface area (Å²) >= 11 is 1.32. The van der Waals surface area contributed by atoms with Crippen LogP contribution in [0.4, 0.5) is 13.2 Å². The van der Waals surface area contributed by atoms with Crippen molar-refractivity contribution in [3.8, 4) is 0 Å². The first-order valence-electron chi connectivity index (χ1n) is 4.91. The van der Waals surface area contributed by atoms with Crippen molar-refractivity contribution in [1.29, 1.82) is 0 Å². The minimum Gasteiger partial charge on any atom is -0.290 e. The van der Waals surface area contributed by atoms with Crippen LogP contribution in [0.5, 0.6) is 0 Å². The van der Waals surface area contributed by atoms with E-state index >= 15 is 0 Å². The van der Waals surface area contributed by atoms with Crippen molar-refractivity contribution in [2.45, 2.75) is 19.0 Å². The van der Waals surface area contributed by atoms with Crippen LogP contribution in [0.2, 0.25) is 0 Å². The van der Waals surface area contributed by atoms with E-state index in [1.54, 1.807) is 6.07 Å². The quantitative estimate of drug-likeness (QED) is 0.846. The Morgan fingerprint density at radius 3 is 2.65 bits per heavy atom.